The lowest BCUT2D eigenvalue weighted by molar-refractivity contribution is 0.0568. The van der Waals surface area contributed by atoms with E-state index in [0.717, 1.165) is 19.3 Å². The maximum Gasteiger partial charge on any atom is 0.0624 e. The second-order valence-electron chi connectivity index (χ2n) is 5.28. The predicted molar refractivity (Wildman–Crippen MR) is 61.8 cm³/mol. The van der Waals surface area contributed by atoms with E-state index in [0.29, 0.717) is 5.41 Å². The van der Waals surface area contributed by atoms with Gasteiger partial charge in [-0.05, 0) is 39.3 Å². The lowest BCUT2D eigenvalue weighted by Crippen LogP contribution is -2.50. The molecule has 2 aliphatic heterocycles. The molecule has 2 heterocycles. The van der Waals surface area contributed by atoms with Crippen molar-refractivity contribution in [2.24, 2.45) is 11.1 Å². The maximum absolute atomic E-state index is 6.15. The molecule has 2 fully saturated rings. The molecule has 0 aliphatic carbocycles. The number of rotatable bonds is 2. The molecular weight excluding hydrogens is 188 g/mol. The zero-order chi connectivity index (χ0) is 10.9. The van der Waals surface area contributed by atoms with Crippen LogP contribution in [0.1, 0.15) is 33.1 Å². The highest BCUT2D eigenvalue weighted by Crippen LogP contribution is 2.38. The Morgan fingerprint density at radius 2 is 2.13 bits per heavy atom. The average molecular weight is 212 g/mol. The van der Waals surface area contributed by atoms with Crippen molar-refractivity contribution >= 4 is 0 Å². The molecule has 3 heteroatoms. The summed E-state index contributed by atoms with van der Waals surface area (Å²) in [6.07, 6.45) is 3.69. The van der Waals surface area contributed by atoms with Crippen LogP contribution in [0.15, 0.2) is 0 Å². The molecule has 2 saturated heterocycles. The minimum absolute atomic E-state index is 0.275. The van der Waals surface area contributed by atoms with Gasteiger partial charge in [0.15, 0.2) is 0 Å². The molecule has 88 valence electrons. The van der Waals surface area contributed by atoms with E-state index in [9.17, 15) is 0 Å². The zero-order valence-electron chi connectivity index (χ0n) is 10.0. The van der Waals surface area contributed by atoms with E-state index >= 15 is 0 Å². The second kappa shape index (κ2) is 4.40. The van der Waals surface area contributed by atoms with E-state index < -0.39 is 0 Å². The highest BCUT2D eigenvalue weighted by Gasteiger charge is 2.44. The van der Waals surface area contributed by atoms with Crippen LogP contribution in [-0.4, -0.2) is 43.3 Å². The zero-order valence-corrected chi connectivity index (χ0v) is 10.0. The van der Waals surface area contributed by atoms with E-state index in [1.54, 1.807) is 0 Å². The van der Waals surface area contributed by atoms with E-state index in [1.165, 1.54) is 32.4 Å². The van der Waals surface area contributed by atoms with Gasteiger partial charge in [-0.3, -0.25) is 0 Å². The number of hydrogen-bond acceptors (Lipinski definition) is 3. The summed E-state index contributed by atoms with van der Waals surface area (Å²) in [7, 11) is 0. The van der Waals surface area contributed by atoms with Gasteiger partial charge < -0.3 is 15.4 Å². The molecule has 0 radical (unpaired) electrons. The fraction of sp³-hybridized carbons (Fsp3) is 1.00. The summed E-state index contributed by atoms with van der Waals surface area (Å²) in [5.74, 6) is 0. The summed E-state index contributed by atoms with van der Waals surface area (Å²) in [6, 6.07) is 0.998. The highest BCUT2D eigenvalue weighted by atomic mass is 16.5. The molecule has 2 N–H and O–H groups in total. The van der Waals surface area contributed by atoms with Crippen LogP contribution in [0.3, 0.4) is 0 Å². The summed E-state index contributed by atoms with van der Waals surface area (Å²) in [5, 5.41) is 0. The molecule has 0 bridgehead atoms. The summed E-state index contributed by atoms with van der Waals surface area (Å²) >= 11 is 0. The second-order valence-corrected chi connectivity index (χ2v) is 5.28. The van der Waals surface area contributed by atoms with Crippen LogP contribution < -0.4 is 5.73 Å². The van der Waals surface area contributed by atoms with Crippen molar-refractivity contribution in [2.45, 2.75) is 45.2 Å². The first-order chi connectivity index (χ1) is 7.18. The van der Waals surface area contributed by atoms with Crippen LogP contribution in [0.5, 0.6) is 0 Å². The molecule has 0 amide bonds. The van der Waals surface area contributed by atoms with Crippen LogP contribution in [0, 0.1) is 5.41 Å². The van der Waals surface area contributed by atoms with Crippen molar-refractivity contribution in [3.63, 3.8) is 0 Å². The molecule has 3 nitrogen and oxygen atoms in total. The minimum Gasteiger partial charge on any atom is -0.379 e. The third-order valence-electron chi connectivity index (χ3n) is 4.48. The Kier molecular flexibility index (Phi) is 3.33. The molecule has 2 aliphatic rings. The Bertz CT molecular complexity index is 212. The Morgan fingerprint density at radius 1 is 1.47 bits per heavy atom. The fourth-order valence-corrected chi connectivity index (χ4v) is 2.86. The Hall–Kier alpha value is -0.120. The normalized spacial score (nSPS) is 33.4. The lowest BCUT2D eigenvalue weighted by atomic mass is 9.75. The molecule has 15 heavy (non-hydrogen) atoms. The summed E-state index contributed by atoms with van der Waals surface area (Å²) in [6.45, 7) is 8.65. The standard InChI is InChI=1S/C12H24N2O/c1-3-10(2)14-6-4-12(5-7-14)9-15-8-11(12)13/h10-11H,3-9,13H2,1-2H3. The van der Waals surface area contributed by atoms with Crippen molar-refractivity contribution in [1.29, 1.82) is 0 Å². The first kappa shape index (κ1) is 11.4. The quantitative estimate of drug-likeness (QED) is 0.748. The highest BCUT2D eigenvalue weighted by molar-refractivity contribution is 4.97. The molecule has 0 aromatic carbocycles. The molecule has 1 spiro atoms. The minimum atomic E-state index is 0.275. The van der Waals surface area contributed by atoms with Crippen molar-refractivity contribution in [3.8, 4) is 0 Å². The van der Waals surface area contributed by atoms with Crippen LogP contribution >= 0.6 is 0 Å². The van der Waals surface area contributed by atoms with Crippen molar-refractivity contribution in [3.05, 3.63) is 0 Å². The van der Waals surface area contributed by atoms with Gasteiger partial charge in [-0.25, -0.2) is 0 Å². The third-order valence-corrected chi connectivity index (χ3v) is 4.48. The summed E-state index contributed by atoms with van der Waals surface area (Å²) in [5.41, 5.74) is 6.46. The molecule has 2 atom stereocenters. The van der Waals surface area contributed by atoms with Crippen LogP contribution in [-0.2, 0) is 4.74 Å². The monoisotopic (exact) mass is 212 g/mol. The molecule has 0 aromatic heterocycles. The number of hydrogen-bond donors (Lipinski definition) is 1. The largest absolute Gasteiger partial charge is 0.379 e. The van der Waals surface area contributed by atoms with E-state index in [1.807, 2.05) is 0 Å². The Morgan fingerprint density at radius 3 is 2.60 bits per heavy atom. The first-order valence-electron chi connectivity index (χ1n) is 6.25. The van der Waals surface area contributed by atoms with Gasteiger partial charge in [0, 0.05) is 17.5 Å². The van der Waals surface area contributed by atoms with Gasteiger partial charge in [0.05, 0.1) is 13.2 Å². The van der Waals surface area contributed by atoms with E-state index in [-0.39, 0.29) is 6.04 Å². The molecule has 2 unspecified atom stereocenters. The number of nitrogens with two attached hydrogens (primary N) is 1. The number of piperidine rings is 1. The van der Waals surface area contributed by atoms with Gasteiger partial charge in [-0.2, -0.15) is 0 Å². The summed E-state index contributed by atoms with van der Waals surface area (Å²) < 4.78 is 5.53. The van der Waals surface area contributed by atoms with Crippen molar-refractivity contribution in [2.75, 3.05) is 26.3 Å². The summed E-state index contributed by atoms with van der Waals surface area (Å²) in [4.78, 5) is 2.59. The number of nitrogens with zero attached hydrogens (tertiary/aromatic N) is 1. The van der Waals surface area contributed by atoms with Gasteiger partial charge in [0.2, 0.25) is 0 Å². The topological polar surface area (TPSA) is 38.5 Å². The third kappa shape index (κ3) is 2.05. The number of ether oxygens (including phenoxy) is 1. The molecule has 2 rings (SSSR count). The van der Waals surface area contributed by atoms with Gasteiger partial charge >= 0.3 is 0 Å². The molecule has 0 aromatic rings. The van der Waals surface area contributed by atoms with E-state index in [4.69, 9.17) is 10.5 Å². The van der Waals surface area contributed by atoms with Gasteiger partial charge in [-0.15, -0.1) is 0 Å². The van der Waals surface area contributed by atoms with Crippen LogP contribution in [0.4, 0.5) is 0 Å². The van der Waals surface area contributed by atoms with Crippen LogP contribution in [0.25, 0.3) is 0 Å². The SMILES string of the molecule is CCC(C)N1CCC2(CC1)COCC2N. The van der Waals surface area contributed by atoms with Crippen molar-refractivity contribution in [1.82, 2.24) is 4.90 Å². The van der Waals surface area contributed by atoms with Gasteiger partial charge in [-0.1, -0.05) is 6.92 Å². The lowest BCUT2D eigenvalue weighted by Gasteiger charge is -2.42. The van der Waals surface area contributed by atoms with Gasteiger partial charge in [0.25, 0.3) is 0 Å². The van der Waals surface area contributed by atoms with Crippen molar-refractivity contribution < 1.29 is 4.74 Å². The molecule has 0 saturated carbocycles. The molecular formula is C12H24N2O. The fourth-order valence-electron chi connectivity index (χ4n) is 2.86. The predicted octanol–water partition coefficient (Wildman–Crippen LogP) is 1.22. The Labute approximate surface area is 93.0 Å². The van der Waals surface area contributed by atoms with E-state index in [2.05, 4.69) is 18.7 Å². The Balaban J connectivity index is 1.91. The first-order valence-corrected chi connectivity index (χ1v) is 6.25. The smallest absolute Gasteiger partial charge is 0.0624 e. The maximum atomic E-state index is 6.15. The number of likely N-dealkylation sites (tertiary alicyclic amines) is 1. The average Bonchev–Trinajstić information content (AvgIpc) is 2.61. The van der Waals surface area contributed by atoms with Crippen LogP contribution in [0.2, 0.25) is 0 Å². The van der Waals surface area contributed by atoms with Gasteiger partial charge in [0.1, 0.15) is 0 Å².